The van der Waals surface area contributed by atoms with Crippen LogP contribution in [0.5, 0.6) is 0 Å². The Balaban J connectivity index is 6.63. The molecular formula is C9HCl2F15O4. The molecule has 0 aliphatic heterocycles. The van der Waals surface area contributed by atoms with Crippen molar-refractivity contribution < 1.29 is 85.2 Å². The molecule has 0 aromatic carbocycles. The van der Waals surface area contributed by atoms with Gasteiger partial charge in [0.25, 0.3) is 0 Å². The zero-order chi connectivity index (χ0) is 25.0. The van der Waals surface area contributed by atoms with Crippen LogP contribution < -0.4 is 0 Å². The van der Waals surface area contributed by atoms with E-state index >= 15 is 0 Å². The van der Waals surface area contributed by atoms with Gasteiger partial charge in [-0.1, -0.05) is 11.6 Å². The van der Waals surface area contributed by atoms with Gasteiger partial charge in [-0.2, -0.15) is 61.5 Å². The lowest BCUT2D eigenvalue weighted by Crippen LogP contribution is -2.67. The lowest BCUT2D eigenvalue weighted by Gasteiger charge is -2.40. The van der Waals surface area contributed by atoms with Gasteiger partial charge in [0.2, 0.25) is 0 Å². The fourth-order valence-corrected chi connectivity index (χ4v) is 1.30. The Morgan fingerprint density at radius 3 is 1.23 bits per heavy atom. The van der Waals surface area contributed by atoms with E-state index in [2.05, 4.69) is 23.2 Å². The summed E-state index contributed by atoms with van der Waals surface area (Å²) >= 11 is 7.44. The maximum absolute atomic E-state index is 13.7. The van der Waals surface area contributed by atoms with E-state index in [1.807, 2.05) is 0 Å². The predicted octanol–water partition coefficient (Wildman–Crippen LogP) is 5.48. The highest BCUT2D eigenvalue weighted by atomic mass is 35.5. The predicted molar refractivity (Wildman–Crippen MR) is 60.0 cm³/mol. The molecule has 0 amide bonds. The van der Waals surface area contributed by atoms with Crippen molar-refractivity contribution in [1.29, 1.82) is 0 Å². The summed E-state index contributed by atoms with van der Waals surface area (Å²) in [5.41, 5.74) is 0. The van der Waals surface area contributed by atoms with Gasteiger partial charge in [0.1, 0.15) is 0 Å². The number of carbonyl (C=O) groups is 1. The van der Waals surface area contributed by atoms with E-state index in [4.69, 9.17) is 5.11 Å². The van der Waals surface area contributed by atoms with Gasteiger partial charge >= 0.3 is 52.8 Å². The summed E-state index contributed by atoms with van der Waals surface area (Å²) in [5, 5.41) is -4.77. The molecule has 0 aromatic rings. The van der Waals surface area contributed by atoms with Crippen LogP contribution in [0.2, 0.25) is 0 Å². The van der Waals surface area contributed by atoms with Gasteiger partial charge in [0, 0.05) is 0 Å². The van der Waals surface area contributed by atoms with Crippen LogP contribution in [0.1, 0.15) is 0 Å². The van der Waals surface area contributed by atoms with Crippen molar-refractivity contribution in [1.82, 2.24) is 0 Å². The van der Waals surface area contributed by atoms with Crippen LogP contribution in [-0.2, 0) is 14.3 Å². The molecule has 0 aromatic heterocycles. The highest BCUT2D eigenvalue weighted by molar-refractivity contribution is 6.32. The molecule has 0 heterocycles. The van der Waals surface area contributed by atoms with Crippen molar-refractivity contribution in [3.8, 4) is 0 Å². The molecule has 0 aliphatic rings. The first kappa shape index (κ1) is 28.9. The lowest BCUT2D eigenvalue weighted by molar-refractivity contribution is -0.533. The number of ether oxygens (including phenoxy) is 2. The number of alkyl halides is 17. The normalized spacial score (nSPS) is 20.8. The van der Waals surface area contributed by atoms with Gasteiger partial charge in [0.05, 0.1) is 0 Å². The first-order valence-electron chi connectivity index (χ1n) is 5.96. The fourth-order valence-electron chi connectivity index (χ4n) is 1.15. The Morgan fingerprint density at radius 2 is 1.00 bits per heavy atom. The highest BCUT2D eigenvalue weighted by Crippen LogP contribution is 2.57. The monoisotopic (exact) mass is 528 g/mol. The molecule has 1 N–H and O–H groups in total. The van der Waals surface area contributed by atoms with Crippen LogP contribution in [0.15, 0.2) is 0 Å². The maximum atomic E-state index is 13.7. The molecule has 180 valence electrons. The average molecular weight is 529 g/mol. The molecular weight excluding hydrogens is 528 g/mol. The zero-order valence-electron chi connectivity index (χ0n) is 12.6. The molecule has 0 rings (SSSR count). The number of halogens is 17. The summed E-state index contributed by atoms with van der Waals surface area (Å²) in [6, 6.07) is 0. The first-order chi connectivity index (χ1) is 12.6. The minimum atomic E-state index is -7.82. The van der Waals surface area contributed by atoms with Crippen LogP contribution >= 0.6 is 23.2 Å². The number of carboxylic acids is 1. The first-order valence-corrected chi connectivity index (χ1v) is 6.71. The van der Waals surface area contributed by atoms with E-state index in [1.54, 1.807) is 9.47 Å². The van der Waals surface area contributed by atoms with Crippen molar-refractivity contribution in [2.24, 2.45) is 0 Å². The number of hydrogen-bond donors (Lipinski definition) is 1. The highest BCUT2D eigenvalue weighted by Gasteiger charge is 2.84. The summed E-state index contributed by atoms with van der Waals surface area (Å²) in [5.74, 6) is -18.9. The third-order valence-corrected chi connectivity index (χ3v) is 3.45. The van der Waals surface area contributed by atoms with E-state index in [0.717, 1.165) is 0 Å². The fraction of sp³-hybridized carbons (Fsp3) is 0.889. The van der Waals surface area contributed by atoms with Crippen molar-refractivity contribution >= 4 is 29.2 Å². The van der Waals surface area contributed by atoms with E-state index in [0.29, 0.717) is 0 Å². The molecule has 0 saturated heterocycles. The van der Waals surface area contributed by atoms with Gasteiger partial charge in [-0.25, -0.2) is 9.18 Å². The quantitative estimate of drug-likeness (QED) is 0.335. The smallest absolute Gasteiger partial charge is 0.460 e. The average Bonchev–Trinajstić information content (AvgIpc) is 2.41. The largest absolute Gasteiger partial charge is 0.477 e. The third kappa shape index (κ3) is 4.72. The molecule has 30 heavy (non-hydrogen) atoms. The SMILES string of the molecule is O=C(O)C(F)(OC(F)(F)C(F)(OC(F)(F)C(F)(Cl)C(F)(F)Cl)C(F)(F)F)C(F)(F)F. The molecule has 21 heteroatoms. The Morgan fingerprint density at radius 1 is 0.633 bits per heavy atom. The minimum absolute atomic E-state index is 1.59. The van der Waals surface area contributed by atoms with Gasteiger partial charge in [0.15, 0.2) is 0 Å². The summed E-state index contributed by atoms with van der Waals surface area (Å²) in [6.45, 7) is 0. The second-order valence-corrected chi connectivity index (χ2v) is 5.80. The zero-order valence-corrected chi connectivity index (χ0v) is 14.1. The molecule has 4 nitrogen and oxygen atoms in total. The molecule has 0 aliphatic carbocycles. The van der Waals surface area contributed by atoms with Gasteiger partial charge < -0.3 is 5.11 Å². The van der Waals surface area contributed by atoms with Crippen LogP contribution in [-0.4, -0.2) is 57.9 Å². The third-order valence-electron chi connectivity index (χ3n) is 2.64. The van der Waals surface area contributed by atoms with Gasteiger partial charge in [-0.05, 0) is 11.6 Å². The van der Waals surface area contributed by atoms with Crippen LogP contribution in [0, 0.1) is 0 Å². The summed E-state index contributed by atoms with van der Waals surface area (Å²) < 4.78 is 196. The molecule has 3 unspecified atom stereocenters. The Labute approximate surface area is 162 Å². The molecule has 0 fully saturated rings. The number of carboxylic acid groups (broad SMARTS) is 1. The molecule has 0 radical (unpaired) electrons. The summed E-state index contributed by atoms with van der Waals surface area (Å²) in [7, 11) is 0. The van der Waals surface area contributed by atoms with Crippen molar-refractivity contribution in [2.45, 2.75) is 46.8 Å². The van der Waals surface area contributed by atoms with E-state index < -0.39 is 52.8 Å². The molecule has 3 atom stereocenters. The van der Waals surface area contributed by atoms with Crippen molar-refractivity contribution in [3.63, 3.8) is 0 Å². The second-order valence-electron chi connectivity index (χ2n) is 4.80. The van der Waals surface area contributed by atoms with Crippen LogP contribution in [0.3, 0.4) is 0 Å². The van der Waals surface area contributed by atoms with Crippen LogP contribution in [0.4, 0.5) is 65.9 Å². The number of rotatable bonds is 8. The second kappa shape index (κ2) is 7.51. The molecule has 0 bridgehead atoms. The van der Waals surface area contributed by atoms with E-state index in [9.17, 15) is 70.7 Å². The van der Waals surface area contributed by atoms with Crippen molar-refractivity contribution in [2.75, 3.05) is 0 Å². The van der Waals surface area contributed by atoms with E-state index in [-0.39, 0.29) is 0 Å². The lowest BCUT2D eigenvalue weighted by atomic mass is 10.2. The standard InChI is InChI=1S/C9HCl2F15O4/c10-3(13,5(11,15)16)8(23,24)30-4(14,7(20,21)22)9(25,26)29-2(12,1(27)28)6(17,18)19/h(H,27,28). The topological polar surface area (TPSA) is 55.8 Å². The van der Waals surface area contributed by atoms with Crippen molar-refractivity contribution in [3.05, 3.63) is 0 Å². The minimum Gasteiger partial charge on any atom is -0.477 e. The Kier molecular flexibility index (Phi) is 7.24. The van der Waals surface area contributed by atoms with Gasteiger partial charge in [-0.15, -0.1) is 0 Å². The number of aliphatic carboxylic acids is 1. The number of hydrogen-bond acceptors (Lipinski definition) is 3. The Hall–Kier alpha value is -1.08. The Bertz CT molecular complexity index is 656. The molecule has 0 saturated carbocycles. The summed E-state index contributed by atoms with van der Waals surface area (Å²) in [4.78, 5) is 10.2. The maximum Gasteiger partial charge on any atom is 0.460 e. The molecule has 0 spiro atoms. The van der Waals surface area contributed by atoms with E-state index in [1.165, 1.54) is 0 Å². The van der Waals surface area contributed by atoms with Crippen LogP contribution in [0.25, 0.3) is 0 Å². The summed E-state index contributed by atoms with van der Waals surface area (Å²) in [6.07, 6.45) is -30.0. The van der Waals surface area contributed by atoms with Gasteiger partial charge in [-0.3, -0.25) is 9.47 Å².